The van der Waals surface area contributed by atoms with Gasteiger partial charge in [-0.2, -0.15) is 0 Å². The van der Waals surface area contributed by atoms with Gasteiger partial charge in [-0.3, -0.25) is 4.98 Å². The molecule has 1 saturated heterocycles. The van der Waals surface area contributed by atoms with E-state index in [1.807, 2.05) is 12.4 Å². The van der Waals surface area contributed by atoms with E-state index in [0.717, 1.165) is 30.5 Å². The van der Waals surface area contributed by atoms with Gasteiger partial charge in [-0.1, -0.05) is 6.92 Å². The predicted molar refractivity (Wildman–Crippen MR) is 79.2 cm³/mol. The normalized spacial score (nSPS) is 23.9. The Labute approximate surface area is 116 Å². The number of hydrogen-bond acceptors (Lipinski definition) is 4. The number of anilines is 1. The molecule has 2 atom stereocenters. The lowest BCUT2D eigenvalue weighted by Crippen LogP contribution is -2.35. The highest BCUT2D eigenvalue weighted by Gasteiger charge is 2.27. The number of hydrogen-bond donors (Lipinski definition) is 1. The van der Waals surface area contributed by atoms with E-state index in [4.69, 9.17) is 4.98 Å². The first-order valence-corrected chi connectivity index (χ1v) is 7.18. The van der Waals surface area contributed by atoms with Gasteiger partial charge in [0.05, 0.1) is 11.9 Å². The van der Waals surface area contributed by atoms with Crippen LogP contribution in [0.2, 0.25) is 0 Å². The summed E-state index contributed by atoms with van der Waals surface area (Å²) in [6.45, 7) is 12.9. The van der Waals surface area contributed by atoms with Crippen LogP contribution in [-0.4, -0.2) is 28.1 Å². The Morgan fingerprint density at radius 1 is 1.32 bits per heavy atom. The standard InChI is InChI=1S/C15H26N4/c1-11-6-12(2)19(10-11)14-9-16-7-13(18-14)8-17-15(3,4)5/h7,9,11-12,17H,6,8,10H2,1-5H3. The Kier molecular flexibility index (Phi) is 4.09. The maximum Gasteiger partial charge on any atom is 0.147 e. The summed E-state index contributed by atoms with van der Waals surface area (Å²) in [5.74, 6) is 1.76. The van der Waals surface area contributed by atoms with Crippen molar-refractivity contribution in [2.75, 3.05) is 11.4 Å². The summed E-state index contributed by atoms with van der Waals surface area (Å²) in [7, 11) is 0. The molecule has 0 aromatic carbocycles. The Hall–Kier alpha value is -1.16. The quantitative estimate of drug-likeness (QED) is 0.909. The summed E-state index contributed by atoms with van der Waals surface area (Å²) in [5, 5.41) is 3.45. The second-order valence-electron chi connectivity index (χ2n) is 6.81. The van der Waals surface area contributed by atoms with Crippen molar-refractivity contribution in [2.24, 2.45) is 5.92 Å². The van der Waals surface area contributed by atoms with E-state index in [0.29, 0.717) is 6.04 Å². The molecule has 4 nitrogen and oxygen atoms in total. The maximum absolute atomic E-state index is 4.74. The van der Waals surface area contributed by atoms with Crippen LogP contribution in [0.4, 0.5) is 5.82 Å². The van der Waals surface area contributed by atoms with Gasteiger partial charge >= 0.3 is 0 Å². The molecular weight excluding hydrogens is 236 g/mol. The van der Waals surface area contributed by atoms with Crippen molar-refractivity contribution in [3.05, 3.63) is 18.1 Å². The van der Waals surface area contributed by atoms with Gasteiger partial charge in [-0.05, 0) is 40.0 Å². The molecule has 19 heavy (non-hydrogen) atoms. The second kappa shape index (κ2) is 5.45. The van der Waals surface area contributed by atoms with E-state index in [1.54, 1.807) is 0 Å². The Balaban J connectivity index is 2.07. The zero-order chi connectivity index (χ0) is 14.0. The van der Waals surface area contributed by atoms with Crippen LogP contribution in [0.3, 0.4) is 0 Å². The maximum atomic E-state index is 4.74. The number of rotatable bonds is 3. The van der Waals surface area contributed by atoms with Crippen molar-refractivity contribution in [3.63, 3.8) is 0 Å². The van der Waals surface area contributed by atoms with Gasteiger partial charge in [0.25, 0.3) is 0 Å². The summed E-state index contributed by atoms with van der Waals surface area (Å²) in [5.41, 5.74) is 1.12. The van der Waals surface area contributed by atoms with Gasteiger partial charge in [0, 0.05) is 30.9 Å². The first kappa shape index (κ1) is 14.3. The summed E-state index contributed by atoms with van der Waals surface area (Å²) in [4.78, 5) is 11.5. The van der Waals surface area contributed by atoms with Crippen molar-refractivity contribution in [1.82, 2.24) is 15.3 Å². The van der Waals surface area contributed by atoms with E-state index in [9.17, 15) is 0 Å². The SMILES string of the molecule is CC1CC(C)N(c2cncc(CNC(C)(C)C)n2)C1. The molecule has 1 aromatic rings. The van der Waals surface area contributed by atoms with E-state index in [2.05, 4.69) is 49.8 Å². The lowest BCUT2D eigenvalue weighted by atomic mass is 10.1. The Bertz CT molecular complexity index is 424. The van der Waals surface area contributed by atoms with Crippen LogP contribution in [0.25, 0.3) is 0 Å². The van der Waals surface area contributed by atoms with Crippen molar-refractivity contribution in [3.8, 4) is 0 Å². The van der Waals surface area contributed by atoms with Crippen LogP contribution in [0, 0.1) is 5.92 Å². The van der Waals surface area contributed by atoms with Gasteiger partial charge in [0.1, 0.15) is 5.82 Å². The van der Waals surface area contributed by atoms with Crippen molar-refractivity contribution in [1.29, 1.82) is 0 Å². The van der Waals surface area contributed by atoms with Crippen LogP contribution in [-0.2, 0) is 6.54 Å². The number of nitrogens with one attached hydrogen (secondary N) is 1. The van der Waals surface area contributed by atoms with E-state index in [1.165, 1.54) is 6.42 Å². The van der Waals surface area contributed by atoms with Crippen LogP contribution in [0.15, 0.2) is 12.4 Å². The molecule has 0 amide bonds. The van der Waals surface area contributed by atoms with Gasteiger partial charge < -0.3 is 10.2 Å². The molecule has 1 fully saturated rings. The Morgan fingerprint density at radius 3 is 2.63 bits per heavy atom. The highest BCUT2D eigenvalue weighted by atomic mass is 15.2. The van der Waals surface area contributed by atoms with E-state index < -0.39 is 0 Å². The molecule has 2 heterocycles. The lowest BCUT2D eigenvalue weighted by Gasteiger charge is -2.23. The summed E-state index contributed by atoms with van der Waals surface area (Å²) >= 11 is 0. The molecule has 1 aromatic heterocycles. The molecular formula is C15H26N4. The molecule has 0 radical (unpaired) electrons. The molecule has 106 valence electrons. The first-order valence-electron chi connectivity index (χ1n) is 7.18. The minimum atomic E-state index is 0.104. The molecule has 1 aliphatic rings. The third kappa shape index (κ3) is 3.90. The number of aromatic nitrogens is 2. The minimum Gasteiger partial charge on any atom is -0.352 e. The molecule has 0 aliphatic carbocycles. The summed E-state index contributed by atoms with van der Waals surface area (Å²) in [6, 6.07) is 0.565. The van der Waals surface area contributed by atoms with E-state index in [-0.39, 0.29) is 5.54 Å². The summed E-state index contributed by atoms with van der Waals surface area (Å²) in [6.07, 6.45) is 4.98. The van der Waals surface area contributed by atoms with Crippen LogP contribution >= 0.6 is 0 Å². The summed E-state index contributed by atoms with van der Waals surface area (Å²) < 4.78 is 0. The minimum absolute atomic E-state index is 0.104. The third-order valence-corrected chi connectivity index (χ3v) is 3.55. The monoisotopic (exact) mass is 262 g/mol. The molecule has 2 rings (SSSR count). The molecule has 1 N–H and O–H groups in total. The fraction of sp³-hybridized carbons (Fsp3) is 0.733. The molecule has 2 unspecified atom stereocenters. The third-order valence-electron chi connectivity index (χ3n) is 3.55. The first-order chi connectivity index (χ1) is 8.85. The van der Waals surface area contributed by atoms with E-state index >= 15 is 0 Å². The predicted octanol–water partition coefficient (Wildman–Crippen LogP) is 2.60. The van der Waals surface area contributed by atoms with Gasteiger partial charge in [0.2, 0.25) is 0 Å². The van der Waals surface area contributed by atoms with Crippen LogP contribution in [0.5, 0.6) is 0 Å². The fourth-order valence-electron chi connectivity index (χ4n) is 2.59. The highest BCUT2D eigenvalue weighted by molar-refractivity contribution is 5.39. The van der Waals surface area contributed by atoms with Crippen LogP contribution < -0.4 is 10.2 Å². The number of nitrogens with zero attached hydrogens (tertiary/aromatic N) is 3. The zero-order valence-electron chi connectivity index (χ0n) is 12.8. The molecule has 0 bridgehead atoms. The van der Waals surface area contributed by atoms with Crippen molar-refractivity contribution in [2.45, 2.75) is 59.2 Å². The molecule has 0 spiro atoms. The largest absolute Gasteiger partial charge is 0.352 e. The van der Waals surface area contributed by atoms with Gasteiger partial charge in [-0.15, -0.1) is 0 Å². The van der Waals surface area contributed by atoms with Crippen molar-refractivity contribution >= 4 is 5.82 Å². The highest BCUT2D eigenvalue weighted by Crippen LogP contribution is 2.26. The van der Waals surface area contributed by atoms with Crippen molar-refractivity contribution < 1.29 is 0 Å². The Morgan fingerprint density at radius 2 is 2.05 bits per heavy atom. The molecule has 0 saturated carbocycles. The van der Waals surface area contributed by atoms with Gasteiger partial charge in [-0.25, -0.2) is 4.98 Å². The molecule has 1 aliphatic heterocycles. The smallest absolute Gasteiger partial charge is 0.147 e. The second-order valence-corrected chi connectivity index (χ2v) is 6.81. The average Bonchev–Trinajstić information content (AvgIpc) is 2.65. The zero-order valence-corrected chi connectivity index (χ0v) is 12.8. The lowest BCUT2D eigenvalue weighted by molar-refractivity contribution is 0.421. The van der Waals surface area contributed by atoms with Gasteiger partial charge in [0.15, 0.2) is 0 Å². The topological polar surface area (TPSA) is 41.1 Å². The fourth-order valence-corrected chi connectivity index (χ4v) is 2.59. The van der Waals surface area contributed by atoms with Crippen LogP contribution in [0.1, 0.15) is 46.7 Å². The molecule has 4 heteroatoms. The average molecular weight is 262 g/mol.